The molecule has 3 unspecified atom stereocenters. The fourth-order valence-electron chi connectivity index (χ4n) is 4.58. The van der Waals surface area contributed by atoms with Gasteiger partial charge in [-0.05, 0) is 41.9 Å². The summed E-state index contributed by atoms with van der Waals surface area (Å²) in [4.78, 5) is 0. The highest BCUT2D eigenvalue weighted by atomic mass is 14.8. The minimum absolute atomic E-state index is 0.0407. The Morgan fingerprint density at radius 1 is 0.950 bits per heavy atom. The van der Waals surface area contributed by atoms with E-state index in [1.54, 1.807) is 0 Å². The molecule has 0 spiro atoms. The zero-order valence-corrected chi connectivity index (χ0v) is 11.8. The van der Waals surface area contributed by atoms with Gasteiger partial charge in [0.05, 0.1) is 0 Å². The number of nitrogens with two attached hydrogens (primary N) is 1. The number of hydrogen-bond acceptors (Lipinski definition) is 1. The van der Waals surface area contributed by atoms with Crippen LogP contribution in [0.3, 0.4) is 0 Å². The summed E-state index contributed by atoms with van der Waals surface area (Å²) in [5, 5.41) is 0. The van der Waals surface area contributed by atoms with E-state index in [1.165, 1.54) is 36.0 Å². The SMILES string of the molecule is NC1C2CCCC1(c1ccccc1)c1ccccc1C2. The molecule has 2 aromatic carbocycles. The van der Waals surface area contributed by atoms with Crippen LogP contribution in [0, 0.1) is 5.92 Å². The molecule has 0 amide bonds. The highest BCUT2D eigenvalue weighted by Gasteiger charge is 2.49. The Bertz CT molecular complexity index is 619. The normalized spacial score (nSPS) is 31.6. The molecule has 2 N–H and O–H groups in total. The van der Waals surface area contributed by atoms with Gasteiger partial charge in [0, 0.05) is 11.5 Å². The highest BCUT2D eigenvalue weighted by molar-refractivity contribution is 5.49. The van der Waals surface area contributed by atoms with Gasteiger partial charge in [0.15, 0.2) is 0 Å². The van der Waals surface area contributed by atoms with Crippen molar-refractivity contribution in [1.29, 1.82) is 0 Å². The van der Waals surface area contributed by atoms with Gasteiger partial charge in [-0.1, -0.05) is 61.0 Å². The molecule has 0 saturated heterocycles. The van der Waals surface area contributed by atoms with Crippen molar-refractivity contribution in [3.8, 4) is 0 Å². The van der Waals surface area contributed by atoms with Crippen molar-refractivity contribution in [2.75, 3.05) is 0 Å². The van der Waals surface area contributed by atoms with Crippen LogP contribution in [0.15, 0.2) is 54.6 Å². The van der Waals surface area contributed by atoms with Crippen molar-refractivity contribution in [1.82, 2.24) is 0 Å². The molecule has 4 rings (SSSR count). The predicted octanol–water partition coefficient (Wildman–Crippen LogP) is 3.66. The fraction of sp³-hybridized carbons (Fsp3) is 0.368. The number of rotatable bonds is 1. The van der Waals surface area contributed by atoms with Crippen LogP contribution in [0.25, 0.3) is 0 Å². The molecule has 1 saturated carbocycles. The molecule has 2 aliphatic carbocycles. The summed E-state index contributed by atoms with van der Waals surface area (Å²) in [6.07, 6.45) is 4.92. The van der Waals surface area contributed by atoms with E-state index in [1.807, 2.05) is 0 Å². The summed E-state index contributed by atoms with van der Waals surface area (Å²) in [5.41, 5.74) is 11.2. The van der Waals surface area contributed by atoms with E-state index in [4.69, 9.17) is 5.73 Å². The number of benzene rings is 2. The maximum Gasteiger partial charge on any atom is 0.0359 e. The molecule has 2 aliphatic rings. The number of hydrogen-bond donors (Lipinski definition) is 1. The van der Waals surface area contributed by atoms with Crippen LogP contribution >= 0.6 is 0 Å². The lowest BCUT2D eigenvalue weighted by atomic mass is 9.54. The summed E-state index contributed by atoms with van der Waals surface area (Å²) in [7, 11) is 0. The molecule has 2 bridgehead atoms. The fourth-order valence-corrected chi connectivity index (χ4v) is 4.58. The van der Waals surface area contributed by atoms with Crippen LogP contribution in [0.5, 0.6) is 0 Å². The lowest BCUT2D eigenvalue weighted by Crippen LogP contribution is -2.56. The molecule has 1 heteroatoms. The second-order valence-electron chi connectivity index (χ2n) is 6.38. The lowest BCUT2D eigenvalue weighted by Gasteiger charge is -2.52. The highest BCUT2D eigenvalue weighted by Crippen LogP contribution is 2.51. The molecule has 20 heavy (non-hydrogen) atoms. The average Bonchev–Trinajstić information content (AvgIpc) is 2.49. The van der Waals surface area contributed by atoms with Gasteiger partial charge < -0.3 is 5.73 Å². The van der Waals surface area contributed by atoms with E-state index in [9.17, 15) is 0 Å². The maximum atomic E-state index is 6.77. The Balaban J connectivity index is 1.99. The molecule has 0 aromatic heterocycles. The standard InChI is InChI=1S/C19H21N/c20-18-15-8-6-12-19(18,16-9-2-1-3-10-16)17-11-5-4-7-14(17)13-15/h1-5,7,9-11,15,18H,6,8,12-13,20H2. The van der Waals surface area contributed by atoms with Crippen molar-refractivity contribution < 1.29 is 0 Å². The van der Waals surface area contributed by atoms with Crippen LogP contribution in [0.2, 0.25) is 0 Å². The zero-order chi connectivity index (χ0) is 13.6. The number of fused-ring (bicyclic) bond motifs is 4. The largest absolute Gasteiger partial charge is 0.326 e. The minimum Gasteiger partial charge on any atom is -0.326 e. The van der Waals surface area contributed by atoms with Crippen LogP contribution in [0.1, 0.15) is 36.0 Å². The van der Waals surface area contributed by atoms with E-state index >= 15 is 0 Å². The minimum atomic E-state index is 0.0407. The van der Waals surface area contributed by atoms with Crippen molar-refractivity contribution in [2.45, 2.75) is 37.1 Å². The molecule has 3 atom stereocenters. The van der Waals surface area contributed by atoms with Gasteiger partial charge in [0.2, 0.25) is 0 Å². The van der Waals surface area contributed by atoms with Gasteiger partial charge in [0.1, 0.15) is 0 Å². The van der Waals surface area contributed by atoms with Crippen LogP contribution in [-0.2, 0) is 11.8 Å². The Morgan fingerprint density at radius 3 is 2.55 bits per heavy atom. The monoisotopic (exact) mass is 263 g/mol. The van der Waals surface area contributed by atoms with E-state index in [2.05, 4.69) is 54.6 Å². The van der Waals surface area contributed by atoms with E-state index < -0.39 is 0 Å². The van der Waals surface area contributed by atoms with E-state index in [-0.39, 0.29) is 11.5 Å². The summed E-state index contributed by atoms with van der Waals surface area (Å²) in [6.45, 7) is 0. The lowest BCUT2D eigenvalue weighted by molar-refractivity contribution is 0.190. The maximum absolute atomic E-state index is 6.77. The third-order valence-electron chi connectivity index (χ3n) is 5.49. The molecule has 1 fully saturated rings. The van der Waals surface area contributed by atoms with Gasteiger partial charge >= 0.3 is 0 Å². The third kappa shape index (κ3) is 1.53. The molecule has 102 valence electrons. The second-order valence-corrected chi connectivity index (χ2v) is 6.38. The van der Waals surface area contributed by atoms with E-state index in [0.29, 0.717) is 5.92 Å². The summed E-state index contributed by atoms with van der Waals surface area (Å²) in [5.74, 6) is 0.638. The Labute approximate surface area is 120 Å². The average molecular weight is 263 g/mol. The smallest absolute Gasteiger partial charge is 0.0359 e. The van der Waals surface area contributed by atoms with Gasteiger partial charge in [-0.15, -0.1) is 0 Å². The van der Waals surface area contributed by atoms with Gasteiger partial charge in [0.25, 0.3) is 0 Å². The van der Waals surface area contributed by atoms with Gasteiger partial charge in [-0.2, -0.15) is 0 Å². The van der Waals surface area contributed by atoms with Crippen molar-refractivity contribution in [3.05, 3.63) is 71.3 Å². The second kappa shape index (κ2) is 4.46. The van der Waals surface area contributed by atoms with Crippen molar-refractivity contribution >= 4 is 0 Å². The Morgan fingerprint density at radius 2 is 1.70 bits per heavy atom. The van der Waals surface area contributed by atoms with Crippen LogP contribution in [-0.4, -0.2) is 6.04 Å². The first kappa shape index (κ1) is 12.2. The Kier molecular flexibility index (Phi) is 2.71. The van der Waals surface area contributed by atoms with Crippen LogP contribution in [0.4, 0.5) is 0 Å². The zero-order valence-electron chi connectivity index (χ0n) is 11.8. The van der Waals surface area contributed by atoms with Gasteiger partial charge in [-0.25, -0.2) is 0 Å². The summed E-state index contributed by atoms with van der Waals surface area (Å²) >= 11 is 0. The quantitative estimate of drug-likeness (QED) is 0.835. The molecule has 2 aromatic rings. The van der Waals surface area contributed by atoms with Crippen LogP contribution < -0.4 is 5.73 Å². The molecule has 0 radical (unpaired) electrons. The summed E-state index contributed by atoms with van der Waals surface area (Å²) in [6, 6.07) is 20.1. The predicted molar refractivity (Wildman–Crippen MR) is 82.7 cm³/mol. The van der Waals surface area contributed by atoms with Crippen molar-refractivity contribution in [2.24, 2.45) is 11.7 Å². The molecular formula is C19H21N. The van der Waals surface area contributed by atoms with E-state index in [0.717, 1.165) is 6.42 Å². The topological polar surface area (TPSA) is 26.0 Å². The first-order valence-corrected chi connectivity index (χ1v) is 7.72. The molecule has 0 aliphatic heterocycles. The van der Waals surface area contributed by atoms with Gasteiger partial charge in [-0.3, -0.25) is 0 Å². The first-order chi connectivity index (χ1) is 9.82. The van der Waals surface area contributed by atoms with Crippen molar-refractivity contribution in [3.63, 3.8) is 0 Å². The molecule has 1 nitrogen and oxygen atoms in total. The Hall–Kier alpha value is -1.60. The first-order valence-electron chi connectivity index (χ1n) is 7.72. The molecule has 0 heterocycles. The third-order valence-corrected chi connectivity index (χ3v) is 5.49. The summed E-state index contributed by atoms with van der Waals surface area (Å²) < 4.78 is 0. The molecular weight excluding hydrogens is 242 g/mol.